The summed E-state index contributed by atoms with van der Waals surface area (Å²) in [6.07, 6.45) is 1.26. The van der Waals surface area contributed by atoms with Gasteiger partial charge in [0, 0.05) is 23.3 Å². The zero-order valence-electron chi connectivity index (χ0n) is 19.1. The molecule has 5 rings (SSSR count). The van der Waals surface area contributed by atoms with E-state index in [9.17, 15) is 9.18 Å². The average molecular weight is 477 g/mol. The smallest absolute Gasteiger partial charge is 0.163 e. The molecule has 0 bridgehead atoms. The number of halogens is 2. The Morgan fingerprint density at radius 1 is 1.03 bits per heavy atom. The number of carbonyl (C=O) groups is 1. The molecule has 1 heterocycles. The number of benzene rings is 3. The number of hydrogen-bond donors (Lipinski definition) is 2. The third-order valence-corrected chi connectivity index (χ3v) is 6.65. The fourth-order valence-corrected chi connectivity index (χ4v) is 4.97. The first-order valence-electron chi connectivity index (χ1n) is 11.4. The fraction of sp³-hybridized carbons (Fsp3) is 0.250. The topological polar surface area (TPSA) is 50.4 Å². The van der Waals surface area contributed by atoms with Crippen molar-refractivity contribution in [2.24, 2.45) is 5.41 Å². The van der Waals surface area contributed by atoms with E-state index in [1.54, 1.807) is 24.3 Å². The van der Waals surface area contributed by atoms with E-state index in [1.807, 2.05) is 36.4 Å². The minimum Gasteiger partial charge on any atom is -0.487 e. The van der Waals surface area contributed by atoms with Crippen LogP contribution in [0.3, 0.4) is 0 Å². The molecule has 0 aromatic heterocycles. The van der Waals surface area contributed by atoms with Crippen LogP contribution >= 0.6 is 11.6 Å². The van der Waals surface area contributed by atoms with Gasteiger partial charge in [0.25, 0.3) is 0 Å². The lowest BCUT2D eigenvalue weighted by molar-refractivity contribution is -0.118. The molecule has 1 aliphatic carbocycles. The highest BCUT2D eigenvalue weighted by molar-refractivity contribution is 6.32. The van der Waals surface area contributed by atoms with Crippen LogP contribution in [-0.2, 0) is 11.4 Å². The first-order valence-corrected chi connectivity index (χ1v) is 11.7. The Kier molecular flexibility index (Phi) is 5.82. The molecule has 6 heteroatoms. The Hall–Kier alpha value is -3.31. The van der Waals surface area contributed by atoms with Gasteiger partial charge in [0.2, 0.25) is 0 Å². The largest absolute Gasteiger partial charge is 0.487 e. The molecule has 0 saturated heterocycles. The zero-order chi connectivity index (χ0) is 23.9. The van der Waals surface area contributed by atoms with Gasteiger partial charge in [0.05, 0.1) is 22.4 Å². The third-order valence-electron chi connectivity index (χ3n) is 6.35. The molecule has 3 aromatic rings. The minimum absolute atomic E-state index is 0.0770. The van der Waals surface area contributed by atoms with Crippen LogP contribution < -0.4 is 15.4 Å². The van der Waals surface area contributed by atoms with Gasteiger partial charge in [0.1, 0.15) is 18.2 Å². The van der Waals surface area contributed by atoms with Gasteiger partial charge in [-0.3, -0.25) is 4.79 Å². The van der Waals surface area contributed by atoms with Crippen molar-refractivity contribution in [1.29, 1.82) is 0 Å². The van der Waals surface area contributed by atoms with Gasteiger partial charge >= 0.3 is 0 Å². The van der Waals surface area contributed by atoms with Gasteiger partial charge in [-0.15, -0.1) is 0 Å². The number of ketones is 1. The van der Waals surface area contributed by atoms with E-state index in [0.29, 0.717) is 22.8 Å². The van der Waals surface area contributed by atoms with Crippen molar-refractivity contribution in [3.8, 4) is 5.75 Å². The lowest BCUT2D eigenvalue weighted by Crippen LogP contribution is -2.31. The van der Waals surface area contributed by atoms with Crippen molar-refractivity contribution in [2.75, 3.05) is 10.6 Å². The highest BCUT2D eigenvalue weighted by atomic mass is 35.5. The average Bonchev–Trinajstić information content (AvgIpc) is 2.95. The van der Waals surface area contributed by atoms with Crippen LogP contribution in [0.4, 0.5) is 15.8 Å². The quantitative estimate of drug-likeness (QED) is 0.415. The number of carbonyl (C=O) groups excluding carboxylic acids is 1. The summed E-state index contributed by atoms with van der Waals surface area (Å²) in [5.74, 6) is 0.272. The number of nitrogens with one attached hydrogen (secondary N) is 2. The molecule has 0 amide bonds. The summed E-state index contributed by atoms with van der Waals surface area (Å²) >= 11 is 6.59. The van der Waals surface area contributed by atoms with E-state index < -0.39 is 0 Å². The summed E-state index contributed by atoms with van der Waals surface area (Å²) < 4.78 is 19.7. The van der Waals surface area contributed by atoms with E-state index in [-0.39, 0.29) is 29.7 Å². The number of ether oxygens (including phenoxy) is 1. The first-order chi connectivity index (χ1) is 16.3. The summed E-state index contributed by atoms with van der Waals surface area (Å²) in [6, 6.07) is 19.6. The van der Waals surface area contributed by atoms with Crippen molar-refractivity contribution in [2.45, 2.75) is 39.3 Å². The molecule has 2 N–H and O–H groups in total. The van der Waals surface area contributed by atoms with Crippen LogP contribution in [0.5, 0.6) is 5.75 Å². The molecule has 174 valence electrons. The molecule has 4 nitrogen and oxygen atoms in total. The van der Waals surface area contributed by atoms with Crippen LogP contribution in [0.1, 0.15) is 43.9 Å². The Balaban J connectivity index is 1.49. The van der Waals surface area contributed by atoms with E-state index in [1.165, 1.54) is 6.07 Å². The van der Waals surface area contributed by atoms with E-state index in [4.69, 9.17) is 16.3 Å². The Labute approximate surface area is 203 Å². The molecule has 0 spiro atoms. The standard InChI is InChI=1S/C28H26ClFN2O2/c1-28(2)14-23-26(24(33)15-28)27(32-22-10-6-5-9-21(22)31-23)17-11-12-25(19(29)13-17)34-16-18-7-3-4-8-20(18)30/h3-13,27,31-32H,14-16H2,1-2H3/t27-/m1/s1. The number of hydrogen-bond acceptors (Lipinski definition) is 4. The molecular weight excluding hydrogens is 451 g/mol. The molecule has 3 aromatic carbocycles. The molecule has 0 unspecified atom stereocenters. The highest BCUT2D eigenvalue weighted by Crippen LogP contribution is 2.46. The maximum Gasteiger partial charge on any atom is 0.163 e. The lowest BCUT2D eigenvalue weighted by Gasteiger charge is -2.34. The number of rotatable bonds is 4. The molecule has 0 fully saturated rings. The normalized spacial score (nSPS) is 18.8. The predicted octanol–water partition coefficient (Wildman–Crippen LogP) is 7.28. The van der Waals surface area contributed by atoms with Gasteiger partial charge in [-0.05, 0) is 47.7 Å². The number of Topliss-reactive ketones (excluding diaryl/α,β-unsaturated/α-hetero) is 1. The lowest BCUT2D eigenvalue weighted by atomic mass is 9.73. The molecule has 2 aliphatic rings. The van der Waals surface area contributed by atoms with E-state index >= 15 is 0 Å². The second-order valence-electron chi connectivity index (χ2n) is 9.65. The van der Waals surface area contributed by atoms with Crippen molar-refractivity contribution in [1.82, 2.24) is 0 Å². The van der Waals surface area contributed by atoms with Crippen molar-refractivity contribution < 1.29 is 13.9 Å². The van der Waals surface area contributed by atoms with Gasteiger partial charge in [0.15, 0.2) is 5.78 Å². The number of anilines is 2. The summed E-state index contributed by atoms with van der Waals surface area (Å²) in [4.78, 5) is 13.3. The molecule has 1 aliphatic heterocycles. The summed E-state index contributed by atoms with van der Waals surface area (Å²) in [5, 5.41) is 7.48. The summed E-state index contributed by atoms with van der Waals surface area (Å²) in [5.41, 5.74) is 4.76. The van der Waals surface area contributed by atoms with Crippen molar-refractivity contribution >= 4 is 28.8 Å². The second kappa shape index (κ2) is 8.80. The Morgan fingerprint density at radius 2 is 1.76 bits per heavy atom. The Bertz CT molecular complexity index is 1300. The van der Waals surface area contributed by atoms with Crippen LogP contribution in [-0.4, -0.2) is 5.78 Å². The number of para-hydroxylation sites is 2. The van der Waals surface area contributed by atoms with Gasteiger partial charge in [-0.1, -0.05) is 61.8 Å². The molecule has 1 atom stereocenters. The first kappa shape index (κ1) is 22.5. The third kappa shape index (κ3) is 4.40. The fourth-order valence-electron chi connectivity index (χ4n) is 4.72. The number of allylic oxidation sites excluding steroid dienone is 1. The second-order valence-corrected chi connectivity index (χ2v) is 10.1. The highest BCUT2D eigenvalue weighted by Gasteiger charge is 2.38. The van der Waals surface area contributed by atoms with Gasteiger partial charge in [-0.2, -0.15) is 0 Å². The molecule has 0 saturated carbocycles. The maximum atomic E-state index is 13.9. The van der Waals surface area contributed by atoms with Crippen LogP contribution in [0, 0.1) is 11.2 Å². The van der Waals surface area contributed by atoms with Crippen molar-refractivity contribution in [3.05, 3.63) is 100.0 Å². The van der Waals surface area contributed by atoms with Gasteiger partial charge in [-0.25, -0.2) is 4.39 Å². The summed E-state index contributed by atoms with van der Waals surface area (Å²) in [6.45, 7) is 4.32. The van der Waals surface area contributed by atoms with E-state index in [0.717, 1.165) is 34.6 Å². The predicted molar refractivity (Wildman–Crippen MR) is 134 cm³/mol. The van der Waals surface area contributed by atoms with Crippen molar-refractivity contribution in [3.63, 3.8) is 0 Å². The van der Waals surface area contributed by atoms with Gasteiger partial charge < -0.3 is 15.4 Å². The SMILES string of the molecule is CC1(C)CC(=O)C2=C(C1)Nc1ccccc1N[C@@H]2c1ccc(OCc2ccccc2F)c(Cl)c1. The zero-order valence-corrected chi connectivity index (χ0v) is 19.9. The van der Waals surface area contributed by atoms with Crippen LogP contribution in [0.15, 0.2) is 78.0 Å². The van der Waals surface area contributed by atoms with Crippen LogP contribution in [0.2, 0.25) is 5.02 Å². The minimum atomic E-state index is -0.354. The summed E-state index contributed by atoms with van der Waals surface area (Å²) in [7, 11) is 0. The molecule has 34 heavy (non-hydrogen) atoms. The number of fused-ring (bicyclic) bond motifs is 1. The maximum absolute atomic E-state index is 13.9. The monoisotopic (exact) mass is 476 g/mol. The molecule has 0 radical (unpaired) electrons. The Morgan fingerprint density at radius 3 is 2.53 bits per heavy atom. The van der Waals surface area contributed by atoms with Crippen LogP contribution in [0.25, 0.3) is 0 Å². The van der Waals surface area contributed by atoms with E-state index in [2.05, 4.69) is 24.5 Å². The molecular formula is C28H26ClFN2O2.